The molecular weight excluding hydrogens is 210 g/mol. The Labute approximate surface area is 108 Å². The van der Waals surface area contributed by atoms with Gasteiger partial charge in [-0.3, -0.25) is 4.90 Å². The van der Waals surface area contributed by atoms with Crippen molar-refractivity contribution in [1.29, 1.82) is 0 Å². The highest BCUT2D eigenvalue weighted by atomic mass is 15.2. The molecule has 0 bridgehead atoms. The number of rotatable bonds is 9. The maximum absolute atomic E-state index is 6.04. The number of nitrogens with two attached hydrogens (primary N) is 1. The minimum atomic E-state index is 0.153. The van der Waals surface area contributed by atoms with Crippen molar-refractivity contribution in [3.05, 3.63) is 0 Å². The van der Waals surface area contributed by atoms with Crippen LogP contribution in [0, 0.1) is 5.92 Å². The Balaban J connectivity index is 4.59. The van der Waals surface area contributed by atoms with E-state index in [0.717, 1.165) is 26.2 Å². The molecule has 0 spiro atoms. The van der Waals surface area contributed by atoms with Gasteiger partial charge < -0.3 is 10.6 Å². The summed E-state index contributed by atoms with van der Waals surface area (Å²) < 4.78 is 0. The molecule has 0 rings (SSSR count). The zero-order valence-corrected chi connectivity index (χ0v) is 12.8. The lowest BCUT2D eigenvalue weighted by molar-refractivity contribution is 0.0812. The van der Waals surface area contributed by atoms with E-state index < -0.39 is 0 Å². The normalized spacial score (nSPS) is 15.9. The van der Waals surface area contributed by atoms with Crippen LogP contribution in [0.25, 0.3) is 0 Å². The molecule has 0 fully saturated rings. The summed E-state index contributed by atoms with van der Waals surface area (Å²) in [6.45, 7) is 13.2. The molecule has 0 aromatic carbocycles. The lowest BCUT2D eigenvalue weighted by Gasteiger charge is -2.42. The number of hydrogen-bond acceptors (Lipinski definition) is 3. The van der Waals surface area contributed by atoms with Crippen LogP contribution in [0.3, 0.4) is 0 Å². The molecule has 0 radical (unpaired) electrons. The van der Waals surface area contributed by atoms with Crippen LogP contribution in [0.1, 0.15) is 40.5 Å². The molecule has 1 atom stereocenters. The molecule has 1 unspecified atom stereocenters. The standard InChI is InChI=1S/C14H33N3/c1-7-8-17(10-9-16(5)6)14(4,12-15)11-13(2)3/h13H,7-12,15H2,1-6H3. The highest BCUT2D eigenvalue weighted by Gasteiger charge is 2.30. The van der Waals surface area contributed by atoms with E-state index in [1.807, 2.05) is 0 Å². The predicted molar refractivity (Wildman–Crippen MR) is 77.3 cm³/mol. The van der Waals surface area contributed by atoms with E-state index in [0.29, 0.717) is 5.92 Å². The maximum atomic E-state index is 6.04. The van der Waals surface area contributed by atoms with Crippen LogP contribution in [0.2, 0.25) is 0 Å². The van der Waals surface area contributed by atoms with Crippen LogP contribution in [0.15, 0.2) is 0 Å². The molecular formula is C14H33N3. The summed E-state index contributed by atoms with van der Waals surface area (Å²) in [6, 6.07) is 0. The minimum Gasteiger partial charge on any atom is -0.329 e. The van der Waals surface area contributed by atoms with Crippen LogP contribution >= 0.6 is 0 Å². The second-order valence-corrected chi connectivity index (χ2v) is 6.09. The molecule has 0 aliphatic rings. The fourth-order valence-corrected chi connectivity index (χ4v) is 2.46. The van der Waals surface area contributed by atoms with Crippen molar-refractivity contribution in [2.45, 2.75) is 46.1 Å². The van der Waals surface area contributed by atoms with E-state index in [9.17, 15) is 0 Å². The molecule has 3 heteroatoms. The summed E-state index contributed by atoms with van der Waals surface area (Å²) in [5, 5.41) is 0. The van der Waals surface area contributed by atoms with Gasteiger partial charge in [-0.15, -0.1) is 0 Å². The van der Waals surface area contributed by atoms with Crippen LogP contribution in [-0.4, -0.2) is 55.6 Å². The van der Waals surface area contributed by atoms with E-state index in [1.165, 1.54) is 12.8 Å². The third-order valence-corrected chi connectivity index (χ3v) is 3.36. The minimum absolute atomic E-state index is 0.153. The Morgan fingerprint density at radius 3 is 2.06 bits per heavy atom. The second kappa shape index (κ2) is 8.06. The van der Waals surface area contributed by atoms with E-state index in [4.69, 9.17) is 5.73 Å². The van der Waals surface area contributed by atoms with E-state index >= 15 is 0 Å². The summed E-state index contributed by atoms with van der Waals surface area (Å²) >= 11 is 0. The average molecular weight is 243 g/mol. The maximum Gasteiger partial charge on any atom is 0.0306 e. The van der Waals surface area contributed by atoms with Gasteiger partial charge in [0.1, 0.15) is 0 Å². The Hall–Kier alpha value is -0.120. The van der Waals surface area contributed by atoms with Gasteiger partial charge >= 0.3 is 0 Å². The summed E-state index contributed by atoms with van der Waals surface area (Å²) in [5.41, 5.74) is 6.19. The van der Waals surface area contributed by atoms with Gasteiger partial charge in [-0.1, -0.05) is 20.8 Å². The second-order valence-electron chi connectivity index (χ2n) is 6.09. The van der Waals surface area contributed by atoms with Gasteiger partial charge in [0.15, 0.2) is 0 Å². The number of likely N-dealkylation sites (N-methyl/N-ethyl adjacent to an activating group) is 1. The number of nitrogens with zero attached hydrogens (tertiary/aromatic N) is 2. The lowest BCUT2D eigenvalue weighted by atomic mass is 9.88. The van der Waals surface area contributed by atoms with Crippen LogP contribution in [-0.2, 0) is 0 Å². The Kier molecular flexibility index (Phi) is 8.01. The van der Waals surface area contributed by atoms with Crippen molar-refractivity contribution in [2.24, 2.45) is 11.7 Å². The molecule has 17 heavy (non-hydrogen) atoms. The van der Waals surface area contributed by atoms with Crippen LogP contribution in [0.5, 0.6) is 0 Å². The third kappa shape index (κ3) is 6.39. The molecule has 0 heterocycles. The quantitative estimate of drug-likeness (QED) is 0.672. The summed E-state index contributed by atoms with van der Waals surface area (Å²) in [6.07, 6.45) is 2.37. The summed E-state index contributed by atoms with van der Waals surface area (Å²) in [7, 11) is 4.26. The Morgan fingerprint density at radius 1 is 1.12 bits per heavy atom. The van der Waals surface area contributed by atoms with E-state index in [2.05, 4.69) is 51.6 Å². The molecule has 0 aromatic heterocycles. The smallest absolute Gasteiger partial charge is 0.0306 e. The lowest BCUT2D eigenvalue weighted by Crippen LogP contribution is -2.54. The predicted octanol–water partition coefficient (Wildman–Crippen LogP) is 2.02. The van der Waals surface area contributed by atoms with E-state index in [1.54, 1.807) is 0 Å². The molecule has 2 N–H and O–H groups in total. The van der Waals surface area contributed by atoms with Crippen molar-refractivity contribution in [1.82, 2.24) is 9.80 Å². The number of hydrogen-bond donors (Lipinski definition) is 1. The first-order chi connectivity index (χ1) is 7.85. The molecule has 104 valence electrons. The van der Waals surface area contributed by atoms with Crippen LogP contribution < -0.4 is 5.73 Å². The summed E-state index contributed by atoms with van der Waals surface area (Å²) in [4.78, 5) is 4.82. The highest BCUT2D eigenvalue weighted by Crippen LogP contribution is 2.23. The van der Waals surface area contributed by atoms with Crippen molar-refractivity contribution >= 4 is 0 Å². The first-order valence-corrected chi connectivity index (χ1v) is 6.95. The van der Waals surface area contributed by atoms with Crippen molar-refractivity contribution in [3.8, 4) is 0 Å². The van der Waals surface area contributed by atoms with Gasteiger partial charge in [0, 0.05) is 25.2 Å². The topological polar surface area (TPSA) is 32.5 Å². The van der Waals surface area contributed by atoms with Gasteiger partial charge in [0.05, 0.1) is 0 Å². The largest absolute Gasteiger partial charge is 0.329 e. The van der Waals surface area contributed by atoms with E-state index in [-0.39, 0.29) is 5.54 Å². The molecule has 3 nitrogen and oxygen atoms in total. The molecule has 0 aromatic rings. The molecule has 0 saturated carbocycles. The van der Waals surface area contributed by atoms with Gasteiger partial charge in [-0.25, -0.2) is 0 Å². The van der Waals surface area contributed by atoms with Gasteiger partial charge in [-0.2, -0.15) is 0 Å². The van der Waals surface area contributed by atoms with Crippen LogP contribution in [0.4, 0.5) is 0 Å². The summed E-state index contributed by atoms with van der Waals surface area (Å²) in [5.74, 6) is 0.697. The van der Waals surface area contributed by atoms with Gasteiger partial charge in [0.2, 0.25) is 0 Å². The average Bonchev–Trinajstić information content (AvgIpc) is 2.22. The first kappa shape index (κ1) is 16.9. The molecule has 0 amide bonds. The van der Waals surface area contributed by atoms with Crippen molar-refractivity contribution in [3.63, 3.8) is 0 Å². The Morgan fingerprint density at radius 2 is 1.71 bits per heavy atom. The SMILES string of the molecule is CCCN(CCN(C)C)C(C)(CN)CC(C)C. The zero-order valence-electron chi connectivity index (χ0n) is 12.8. The third-order valence-electron chi connectivity index (χ3n) is 3.36. The fourth-order valence-electron chi connectivity index (χ4n) is 2.46. The monoisotopic (exact) mass is 243 g/mol. The van der Waals surface area contributed by atoms with Gasteiger partial charge in [-0.05, 0) is 46.3 Å². The first-order valence-electron chi connectivity index (χ1n) is 6.95. The zero-order chi connectivity index (χ0) is 13.5. The van der Waals surface area contributed by atoms with Crippen molar-refractivity contribution in [2.75, 3.05) is 40.3 Å². The Bertz CT molecular complexity index is 192. The highest BCUT2D eigenvalue weighted by molar-refractivity contribution is 4.88. The molecule has 0 aliphatic heterocycles. The van der Waals surface area contributed by atoms with Crippen molar-refractivity contribution < 1.29 is 0 Å². The molecule has 0 saturated heterocycles. The molecule has 0 aliphatic carbocycles. The van der Waals surface area contributed by atoms with Gasteiger partial charge in [0.25, 0.3) is 0 Å². The fraction of sp³-hybridized carbons (Fsp3) is 1.00.